The number of anilines is 1. The zero-order valence-corrected chi connectivity index (χ0v) is 16.6. The molecule has 4 heteroatoms. The predicted octanol–water partition coefficient (Wildman–Crippen LogP) is 4.97. The van der Waals surface area contributed by atoms with Gasteiger partial charge in [-0.25, -0.2) is 0 Å². The topological polar surface area (TPSA) is 37.4 Å². The van der Waals surface area contributed by atoms with Crippen molar-refractivity contribution in [2.24, 2.45) is 0 Å². The molecule has 4 rings (SSSR count). The van der Waals surface area contributed by atoms with E-state index in [1.54, 1.807) is 18.2 Å². The van der Waals surface area contributed by atoms with E-state index >= 15 is 0 Å². The van der Waals surface area contributed by atoms with Crippen molar-refractivity contribution in [1.29, 1.82) is 0 Å². The summed E-state index contributed by atoms with van der Waals surface area (Å²) in [7, 11) is 1.91. The molecule has 0 unspecified atom stereocenters. The Hall–Kier alpha value is -3.03. The molecular formula is C24H19NO2S. The third kappa shape index (κ3) is 3.30. The first kappa shape index (κ1) is 18.3. The van der Waals surface area contributed by atoms with Crippen molar-refractivity contribution < 1.29 is 9.59 Å². The number of benzene rings is 1. The minimum atomic E-state index is -0.309. The summed E-state index contributed by atoms with van der Waals surface area (Å²) >= 11 is 1.47. The van der Waals surface area contributed by atoms with Gasteiger partial charge in [-0.05, 0) is 49.6 Å². The zero-order chi connectivity index (χ0) is 19.7. The number of nitrogens with zero attached hydrogens (tertiary/aromatic N) is 1. The van der Waals surface area contributed by atoms with E-state index in [9.17, 15) is 9.59 Å². The van der Waals surface area contributed by atoms with Crippen LogP contribution in [0.4, 0.5) is 5.69 Å². The lowest BCUT2D eigenvalue weighted by Crippen LogP contribution is -2.23. The summed E-state index contributed by atoms with van der Waals surface area (Å²) < 4.78 is 0. The first-order chi connectivity index (χ1) is 13.6. The number of thioether (sulfide) groups is 1. The van der Waals surface area contributed by atoms with Gasteiger partial charge in [-0.2, -0.15) is 0 Å². The molecule has 0 saturated heterocycles. The van der Waals surface area contributed by atoms with Gasteiger partial charge in [0, 0.05) is 17.5 Å². The van der Waals surface area contributed by atoms with E-state index in [2.05, 4.69) is 17.5 Å². The molecule has 138 valence electrons. The van der Waals surface area contributed by atoms with E-state index in [4.69, 9.17) is 0 Å². The Labute approximate surface area is 168 Å². The molecule has 0 saturated carbocycles. The molecule has 0 aromatic heterocycles. The summed E-state index contributed by atoms with van der Waals surface area (Å²) in [4.78, 5) is 29.8. The van der Waals surface area contributed by atoms with Crippen LogP contribution >= 0.6 is 11.8 Å². The molecule has 3 aliphatic rings. The first-order valence-corrected chi connectivity index (χ1v) is 9.98. The number of rotatable bonds is 4. The van der Waals surface area contributed by atoms with Gasteiger partial charge >= 0.3 is 0 Å². The average molecular weight is 385 g/mol. The molecule has 1 aromatic carbocycles. The summed E-state index contributed by atoms with van der Waals surface area (Å²) in [6.45, 7) is 2.03. The molecule has 0 radical (unpaired) electrons. The number of allylic oxidation sites excluding steroid dienone is 9. The quantitative estimate of drug-likeness (QED) is 0.317. The molecule has 3 nitrogen and oxygen atoms in total. The molecule has 0 atom stereocenters. The molecule has 28 heavy (non-hydrogen) atoms. The fourth-order valence-electron chi connectivity index (χ4n) is 3.35. The van der Waals surface area contributed by atoms with Crippen LogP contribution in [0.25, 0.3) is 0 Å². The van der Waals surface area contributed by atoms with Gasteiger partial charge in [0.1, 0.15) is 5.57 Å². The molecule has 0 spiro atoms. The van der Waals surface area contributed by atoms with Crippen LogP contribution in [-0.4, -0.2) is 18.6 Å². The van der Waals surface area contributed by atoms with Crippen LogP contribution in [0, 0.1) is 6.92 Å². The molecule has 0 bridgehead atoms. The Morgan fingerprint density at radius 2 is 2.04 bits per heavy atom. The Morgan fingerprint density at radius 1 is 1.18 bits per heavy atom. The zero-order valence-electron chi connectivity index (χ0n) is 15.8. The van der Waals surface area contributed by atoms with Gasteiger partial charge in [-0.1, -0.05) is 53.6 Å². The normalized spacial score (nSPS) is 18.7. The van der Waals surface area contributed by atoms with Gasteiger partial charge in [0.15, 0.2) is 5.78 Å². The lowest BCUT2D eigenvalue weighted by atomic mass is 9.91. The Balaban J connectivity index is 1.86. The average Bonchev–Trinajstić information content (AvgIpc) is 3.05. The second kappa shape index (κ2) is 7.53. The van der Waals surface area contributed by atoms with Crippen LogP contribution < -0.4 is 4.90 Å². The lowest BCUT2D eigenvalue weighted by molar-refractivity contribution is -0.117. The third-order valence-electron chi connectivity index (χ3n) is 4.85. The van der Waals surface area contributed by atoms with Crippen LogP contribution in [0.5, 0.6) is 0 Å². The molecule has 1 heterocycles. The fraction of sp³-hybridized carbons (Fsp3) is 0.167. The van der Waals surface area contributed by atoms with Crippen LogP contribution in [0.1, 0.15) is 18.4 Å². The van der Waals surface area contributed by atoms with Crippen molar-refractivity contribution in [1.82, 2.24) is 0 Å². The minimum absolute atomic E-state index is 0.203. The number of aryl methyl sites for hydroxylation is 1. The SMILES string of the molecule is Cc1ccc2c(c1)N(C)/C(=C(\C(=O)C1=C=C=CC=C1)C(=O)C1=CC=CCC1)S2. The highest BCUT2D eigenvalue weighted by molar-refractivity contribution is 8.03. The Bertz CT molecular complexity index is 1120. The maximum absolute atomic E-state index is 13.4. The van der Waals surface area contributed by atoms with Crippen molar-refractivity contribution in [2.75, 3.05) is 11.9 Å². The first-order valence-electron chi connectivity index (χ1n) is 9.16. The van der Waals surface area contributed by atoms with Gasteiger partial charge in [-0.15, -0.1) is 0 Å². The van der Waals surface area contributed by atoms with Crippen LogP contribution in [0.15, 0.2) is 92.8 Å². The van der Waals surface area contributed by atoms with E-state index in [1.165, 1.54) is 11.8 Å². The van der Waals surface area contributed by atoms with E-state index in [0.29, 0.717) is 22.6 Å². The summed E-state index contributed by atoms with van der Waals surface area (Å²) in [5, 5.41) is 0.670. The van der Waals surface area contributed by atoms with Crippen molar-refractivity contribution in [3.05, 3.63) is 93.4 Å². The van der Waals surface area contributed by atoms with Crippen molar-refractivity contribution in [3.8, 4) is 0 Å². The number of ketones is 2. The summed E-state index contributed by atoms with van der Waals surface area (Å²) in [5.41, 5.74) is 9.05. The van der Waals surface area contributed by atoms with Gasteiger partial charge < -0.3 is 4.90 Å². The van der Waals surface area contributed by atoms with Crippen LogP contribution in [0.3, 0.4) is 0 Å². The maximum atomic E-state index is 13.4. The molecule has 0 amide bonds. The van der Waals surface area contributed by atoms with E-state index in [1.807, 2.05) is 49.2 Å². The van der Waals surface area contributed by atoms with Gasteiger partial charge in [-0.3, -0.25) is 9.59 Å². The maximum Gasteiger partial charge on any atom is 0.208 e. The molecule has 0 N–H and O–H groups in total. The van der Waals surface area contributed by atoms with E-state index in [0.717, 1.165) is 22.6 Å². The second-order valence-corrected chi connectivity index (χ2v) is 7.87. The molecule has 1 aliphatic heterocycles. The highest BCUT2D eigenvalue weighted by atomic mass is 32.2. The highest BCUT2D eigenvalue weighted by Crippen LogP contribution is 2.47. The smallest absolute Gasteiger partial charge is 0.208 e. The summed E-state index contributed by atoms with van der Waals surface area (Å²) in [5.74, 6) is -0.512. The van der Waals surface area contributed by atoms with Gasteiger partial charge in [0.2, 0.25) is 5.78 Å². The summed E-state index contributed by atoms with van der Waals surface area (Å²) in [6.07, 6.45) is 12.3. The van der Waals surface area contributed by atoms with Crippen molar-refractivity contribution >= 4 is 29.0 Å². The molecule has 1 aromatic rings. The van der Waals surface area contributed by atoms with Crippen LogP contribution in [-0.2, 0) is 9.59 Å². The van der Waals surface area contributed by atoms with Gasteiger partial charge in [0.05, 0.1) is 16.3 Å². The summed E-state index contributed by atoms with van der Waals surface area (Å²) in [6, 6.07) is 6.16. The Kier molecular flexibility index (Phi) is 4.93. The number of hydrogen-bond donors (Lipinski definition) is 0. The van der Waals surface area contributed by atoms with Crippen molar-refractivity contribution in [3.63, 3.8) is 0 Å². The molecule has 0 fully saturated rings. The highest BCUT2D eigenvalue weighted by Gasteiger charge is 2.34. The standard InChI is InChI=1S/C24H19NO2S/c1-16-13-14-20-19(15-16)25(2)24(28-20)21(22(26)17-9-5-3-6-10-17)23(27)18-11-7-4-8-12-18/h3-5,7,9,11,13-15H,6,10H2,1-2H3/b24-21+. The van der Waals surface area contributed by atoms with Gasteiger partial charge in [0.25, 0.3) is 0 Å². The number of carbonyl (C=O) groups is 2. The molecular weight excluding hydrogens is 366 g/mol. The number of carbonyl (C=O) groups excluding carboxylic acids is 2. The number of Topliss-reactive ketones (excluding diaryl/α,β-unsaturated/α-hetero) is 2. The minimum Gasteiger partial charge on any atom is -0.337 e. The van der Waals surface area contributed by atoms with E-state index < -0.39 is 0 Å². The third-order valence-corrected chi connectivity index (χ3v) is 6.09. The van der Waals surface area contributed by atoms with E-state index in [-0.39, 0.29) is 17.1 Å². The lowest BCUT2D eigenvalue weighted by Gasteiger charge is -2.19. The molecule has 2 aliphatic carbocycles. The second-order valence-electron chi connectivity index (χ2n) is 6.84. The number of fused-ring (bicyclic) bond motifs is 1. The van der Waals surface area contributed by atoms with Crippen LogP contribution in [0.2, 0.25) is 0 Å². The Morgan fingerprint density at radius 3 is 2.75 bits per heavy atom. The predicted molar refractivity (Wildman–Crippen MR) is 113 cm³/mol. The largest absolute Gasteiger partial charge is 0.337 e. The monoisotopic (exact) mass is 385 g/mol. The number of hydrogen-bond acceptors (Lipinski definition) is 4. The fourth-order valence-corrected chi connectivity index (χ4v) is 4.51. The van der Waals surface area contributed by atoms with Crippen molar-refractivity contribution in [2.45, 2.75) is 24.7 Å².